The number of thioether (sulfide) groups is 1. The third kappa shape index (κ3) is 4.20. The predicted octanol–water partition coefficient (Wildman–Crippen LogP) is 2.86. The van der Waals surface area contributed by atoms with Crippen LogP contribution in [-0.2, 0) is 20.7 Å². The first-order valence-electron chi connectivity index (χ1n) is 7.65. The minimum Gasteiger partial charge on any atom is -0.460 e. The Morgan fingerprint density at radius 3 is 2.45 bits per heavy atom. The van der Waals surface area contributed by atoms with Crippen molar-refractivity contribution < 1.29 is 14.3 Å². The van der Waals surface area contributed by atoms with Gasteiger partial charge in [0.15, 0.2) is 5.16 Å². The van der Waals surface area contributed by atoms with E-state index in [1.54, 1.807) is 7.11 Å². The van der Waals surface area contributed by atoms with Gasteiger partial charge in [0.1, 0.15) is 6.10 Å². The van der Waals surface area contributed by atoms with E-state index in [4.69, 9.17) is 9.47 Å². The van der Waals surface area contributed by atoms with Crippen LogP contribution in [0.15, 0.2) is 5.16 Å². The van der Waals surface area contributed by atoms with Crippen molar-refractivity contribution in [2.24, 2.45) is 0 Å². The van der Waals surface area contributed by atoms with Crippen LogP contribution in [0.3, 0.4) is 0 Å². The van der Waals surface area contributed by atoms with E-state index < -0.39 is 0 Å². The number of carbonyl (C=O) groups is 1. The highest BCUT2D eigenvalue weighted by Gasteiger charge is 2.30. The van der Waals surface area contributed by atoms with E-state index in [1.165, 1.54) is 11.8 Å². The van der Waals surface area contributed by atoms with Crippen molar-refractivity contribution >= 4 is 17.7 Å². The molecule has 0 N–H and O–H groups in total. The first kappa shape index (κ1) is 17.2. The molecule has 0 aromatic carbocycles. The maximum absolute atomic E-state index is 12.1. The Balaban J connectivity index is 1.91. The molecule has 1 aliphatic rings. The smallest absolute Gasteiger partial charge is 0.306 e. The van der Waals surface area contributed by atoms with Gasteiger partial charge in [0.2, 0.25) is 0 Å². The van der Waals surface area contributed by atoms with Gasteiger partial charge in [0.25, 0.3) is 0 Å². The van der Waals surface area contributed by atoms with Crippen LogP contribution < -0.4 is 0 Å². The molecule has 0 unspecified atom stereocenters. The quantitative estimate of drug-likeness (QED) is 0.455. The predicted molar refractivity (Wildman–Crippen MR) is 86.1 cm³/mol. The summed E-state index contributed by atoms with van der Waals surface area (Å²) in [6, 6.07) is 0. The van der Waals surface area contributed by atoms with Gasteiger partial charge in [-0.3, -0.25) is 4.79 Å². The van der Waals surface area contributed by atoms with Crippen molar-refractivity contribution in [3.63, 3.8) is 0 Å². The number of rotatable bonds is 6. The third-order valence-corrected chi connectivity index (χ3v) is 4.69. The Morgan fingerprint density at radius 1 is 1.23 bits per heavy atom. The number of nitrogens with zero attached hydrogens (tertiary/aromatic N) is 2. The lowest BCUT2D eigenvalue weighted by Gasteiger charge is -2.19. The first-order valence-corrected chi connectivity index (χ1v) is 8.88. The first-order chi connectivity index (χ1) is 10.5. The van der Waals surface area contributed by atoms with Crippen molar-refractivity contribution in [1.29, 1.82) is 0 Å². The van der Waals surface area contributed by atoms with Crippen molar-refractivity contribution in [3.05, 3.63) is 17.0 Å². The van der Waals surface area contributed by atoms with Gasteiger partial charge in [0, 0.05) is 24.9 Å². The Labute approximate surface area is 136 Å². The molecule has 1 heterocycles. The Hall–Kier alpha value is -1.14. The molecule has 2 rings (SSSR count). The summed E-state index contributed by atoms with van der Waals surface area (Å²) in [5.74, 6) is -0.165. The van der Waals surface area contributed by atoms with E-state index in [2.05, 4.69) is 9.97 Å². The van der Waals surface area contributed by atoms with Crippen LogP contribution in [0.25, 0.3) is 0 Å². The average Bonchev–Trinajstić information content (AvgIpc) is 2.93. The zero-order valence-corrected chi connectivity index (χ0v) is 14.5. The van der Waals surface area contributed by atoms with Crippen LogP contribution in [0.2, 0.25) is 0 Å². The van der Waals surface area contributed by atoms with Gasteiger partial charge in [-0.15, -0.1) is 0 Å². The lowest BCUT2D eigenvalue weighted by Crippen LogP contribution is -2.27. The van der Waals surface area contributed by atoms with Gasteiger partial charge >= 0.3 is 5.97 Å². The topological polar surface area (TPSA) is 61.3 Å². The van der Waals surface area contributed by atoms with Gasteiger partial charge in [-0.1, -0.05) is 11.8 Å². The normalized spacial score (nSPS) is 21.1. The van der Waals surface area contributed by atoms with Gasteiger partial charge < -0.3 is 9.47 Å². The van der Waals surface area contributed by atoms with E-state index in [0.717, 1.165) is 41.4 Å². The molecule has 122 valence electrons. The Bertz CT molecular complexity index is 513. The second-order valence-electron chi connectivity index (χ2n) is 5.59. The highest BCUT2D eigenvalue weighted by Crippen LogP contribution is 2.25. The number of hydrogen-bond acceptors (Lipinski definition) is 6. The fraction of sp³-hybridized carbons (Fsp3) is 0.688. The molecule has 0 bridgehead atoms. The van der Waals surface area contributed by atoms with Crippen LogP contribution in [-0.4, -0.2) is 41.5 Å². The fourth-order valence-electron chi connectivity index (χ4n) is 2.91. The van der Waals surface area contributed by atoms with Gasteiger partial charge in [0.05, 0.1) is 6.10 Å². The van der Waals surface area contributed by atoms with Crippen molar-refractivity contribution in [2.45, 2.75) is 63.3 Å². The zero-order valence-electron chi connectivity index (χ0n) is 13.7. The summed E-state index contributed by atoms with van der Waals surface area (Å²) in [6.45, 7) is 3.93. The van der Waals surface area contributed by atoms with E-state index >= 15 is 0 Å². The van der Waals surface area contributed by atoms with E-state index in [-0.39, 0.29) is 18.2 Å². The van der Waals surface area contributed by atoms with Crippen LogP contribution in [0.1, 0.15) is 42.6 Å². The van der Waals surface area contributed by atoms with E-state index in [1.807, 2.05) is 20.1 Å². The van der Waals surface area contributed by atoms with Gasteiger partial charge in [-0.05, 0) is 51.3 Å². The maximum Gasteiger partial charge on any atom is 0.306 e. The molecule has 22 heavy (non-hydrogen) atoms. The lowest BCUT2D eigenvalue weighted by molar-refractivity contribution is -0.154. The van der Waals surface area contributed by atoms with Crippen molar-refractivity contribution in [1.82, 2.24) is 9.97 Å². The molecule has 1 aliphatic carbocycles. The monoisotopic (exact) mass is 324 g/mol. The highest BCUT2D eigenvalue weighted by molar-refractivity contribution is 7.98. The molecule has 0 aliphatic heterocycles. The minimum atomic E-state index is -0.165. The molecule has 6 heteroatoms. The SMILES string of the molecule is CO[C@@H]1CCC[C@H]1OC(=O)CCc1c(C)nc(SC)nc1C. The number of methoxy groups -OCH3 is 1. The van der Waals surface area contributed by atoms with Crippen molar-refractivity contribution in [3.8, 4) is 0 Å². The number of hydrogen-bond donors (Lipinski definition) is 0. The standard InChI is InChI=1S/C16H24N2O3S/c1-10-12(11(2)18-16(17-10)22-4)8-9-15(19)21-14-7-5-6-13(14)20-3/h13-14H,5-9H2,1-4H3/t13-,14-/m1/s1. The number of aromatic nitrogens is 2. The molecule has 0 spiro atoms. The second kappa shape index (κ2) is 7.92. The number of carbonyl (C=O) groups excluding carboxylic acids is 1. The lowest BCUT2D eigenvalue weighted by atomic mass is 10.1. The Kier molecular flexibility index (Phi) is 6.20. The van der Waals surface area contributed by atoms with Gasteiger partial charge in [-0.25, -0.2) is 9.97 Å². The molecule has 1 aromatic heterocycles. The highest BCUT2D eigenvalue weighted by atomic mass is 32.2. The summed E-state index contributed by atoms with van der Waals surface area (Å²) in [5, 5.41) is 0.773. The number of ether oxygens (including phenoxy) is 2. The largest absolute Gasteiger partial charge is 0.460 e. The van der Waals surface area contributed by atoms with Crippen LogP contribution >= 0.6 is 11.8 Å². The maximum atomic E-state index is 12.1. The third-order valence-electron chi connectivity index (χ3n) is 4.14. The molecular formula is C16H24N2O3S. The molecule has 1 aromatic rings. The summed E-state index contributed by atoms with van der Waals surface area (Å²) >= 11 is 1.53. The number of esters is 1. The summed E-state index contributed by atoms with van der Waals surface area (Å²) in [7, 11) is 1.67. The van der Waals surface area contributed by atoms with Crippen molar-refractivity contribution in [2.75, 3.05) is 13.4 Å². The molecule has 1 fully saturated rings. The Morgan fingerprint density at radius 2 is 1.86 bits per heavy atom. The average molecular weight is 324 g/mol. The summed E-state index contributed by atoms with van der Waals surface area (Å²) in [5.41, 5.74) is 2.94. The van der Waals surface area contributed by atoms with Crippen LogP contribution in [0, 0.1) is 13.8 Å². The fourth-order valence-corrected chi connectivity index (χ4v) is 3.37. The molecule has 0 amide bonds. The van der Waals surface area contributed by atoms with Crippen LogP contribution in [0.5, 0.6) is 0 Å². The molecule has 0 saturated heterocycles. The van der Waals surface area contributed by atoms with Crippen LogP contribution in [0.4, 0.5) is 0 Å². The second-order valence-corrected chi connectivity index (χ2v) is 6.37. The molecular weight excluding hydrogens is 300 g/mol. The molecule has 1 saturated carbocycles. The van der Waals surface area contributed by atoms with Gasteiger partial charge in [-0.2, -0.15) is 0 Å². The summed E-state index contributed by atoms with van der Waals surface area (Å²) in [6.07, 6.45) is 5.82. The molecule has 5 nitrogen and oxygen atoms in total. The molecule has 2 atom stereocenters. The minimum absolute atomic E-state index is 0.0524. The molecule has 0 radical (unpaired) electrons. The summed E-state index contributed by atoms with van der Waals surface area (Å²) < 4.78 is 10.9. The zero-order chi connectivity index (χ0) is 16.1. The number of aryl methyl sites for hydroxylation is 2. The summed E-state index contributed by atoms with van der Waals surface area (Å²) in [4.78, 5) is 20.9. The van der Waals surface area contributed by atoms with E-state index in [9.17, 15) is 4.79 Å². The van der Waals surface area contributed by atoms with E-state index in [0.29, 0.717) is 12.8 Å².